The molecule has 5 rings (SSSR count). The van der Waals surface area contributed by atoms with Gasteiger partial charge in [0.25, 0.3) is 0 Å². The van der Waals surface area contributed by atoms with Crippen LogP contribution in [0.25, 0.3) is 0 Å². The van der Waals surface area contributed by atoms with Crippen molar-refractivity contribution in [2.45, 2.75) is 25.2 Å². The van der Waals surface area contributed by atoms with Gasteiger partial charge in [0.05, 0.1) is 13.0 Å². The molecule has 9 heteroatoms. The van der Waals surface area contributed by atoms with Crippen molar-refractivity contribution in [3.05, 3.63) is 88.7 Å². The number of hydrogen-bond acceptors (Lipinski definition) is 5. The van der Waals surface area contributed by atoms with Crippen molar-refractivity contribution in [2.24, 2.45) is 5.92 Å². The number of amides is 1. The third-order valence-corrected chi connectivity index (χ3v) is 6.90. The van der Waals surface area contributed by atoms with E-state index in [9.17, 15) is 18.0 Å². The Labute approximate surface area is 219 Å². The second-order valence-corrected chi connectivity index (χ2v) is 9.37. The van der Waals surface area contributed by atoms with Gasteiger partial charge >= 0.3 is 0 Å². The fourth-order valence-corrected chi connectivity index (χ4v) is 4.89. The minimum atomic E-state index is -0.836. The number of halogens is 3. The zero-order valence-corrected chi connectivity index (χ0v) is 20.6. The molecule has 3 aromatic rings. The molecule has 0 unspecified atom stereocenters. The van der Waals surface area contributed by atoms with E-state index in [2.05, 4.69) is 22.8 Å². The summed E-state index contributed by atoms with van der Waals surface area (Å²) in [7, 11) is 0. The number of benzene rings is 2. The molecular weight excluding hydrogens is 497 g/mol. The number of nitrogens with one attached hydrogen (secondary N) is 2. The first-order valence-corrected chi connectivity index (χ1v) is 12.5. The lowest BCUT2D eigenvalue weighted by atomic mass is 9.81. The number of carbonyl (C=O) groups is 1. The summed E-state index contributed by atoms with van der Waals surface area (Å²) >= 11 is 0. The maximum absolute atomic E-state index is 14.6. The maximum atomic E-state index is 14.6. The monoisotopic (exact) mass is 524 g/mol. The second-order valence-electron chi connectivity index (χ2n) is 9.37. The molecule has 2 atom stereocenters. The summed E-state index contributed by atoms with van der Waals surface area (Å²) < 4.78 is 58.9. The molecule has 0 saturated carbocycles. The van der Waals surface area contributed by atoms with Gasteiger partial charge in [-0.15, -0.1) is 0 Å². The van der Waals surface area contributed by atoms with Crippen molar-refractivity contribution in [2.75, 3.05) is 33.0 Å². The Kier molecular flexibility index (Phi) is 7.89. The zero-order chi connectivity index (χ0) is 26.5. The number of fused-ring (bicyclic) bond motifs is 1. The summed E-state index contributed by atoms with van der Waals surface area (Å²) in [5, 5.41) is 6.01. The number of rotatable bonds is 9. The molecular formula is C29H27F3N2O4. The van der Waals surface area contributed by atoms with E-state index in [0.29, 0.717) is 23.9 Å². The SMILES string of the molecule is O=C(Cc1cc([C@@H]2CCNC[C@H]2COc2ccc3c(c2)OCO3)ccc1F)NCCc1c(F)c#ccc1F. The van der Waals surface area contributed by atoms with Gasteiger partial charge in [-0.25, -0.2) is 8.78 Å². The van der Waals surface area contributed by atoms with Crippen LogP contribution in [0.3, 0.4) is 0 Å². The molecule has 0 radical (unpaired) electrons. The molecule has 38 heavy (non-hydrogen) atoms. The van der Waals surface area contributed by atoms with Gasteiger partial charge in [-0.1, -0.05) is 18.2 Å². The Morgan fingerprint density at radius 1 is 1.11 bits per heavy atom. The van der Waals surface area contributed by atoms with Gasteiger partial charge in [-0.3, -0.25) is 4.79 Å². The summed E-state index contributed by atoms with van der Waals surface area (Å²) in [6, 6.07) is 15.8. The van der Waals surface area contributed by atoms with E-state index in [1.807, 2.05) is 12.1 Å². The smallest absolute Gasteiger partial charge is 0.231 e. The Hall–Kier alpha value is -3.90. The summed E-state index contributed by atoms with van der Waals surface area (Å²) in [4.78, 5) is 12.5. The van der Waals surface area contributed by atoms with E-state index in [-0.39, 0.29) is 49.1 Å². The highest BCUT2D eigenvalue weighted by Crippen LogP contribution is 2.36. The number of carbonyl (C=O) groups excluding carboxylic acids is 1. The van der Waals surface area contributed by atoms with E-state index >= 15 is 0 Å². The number of hydrogen-bond donors (Lipinski definition) is 2. The molecule has 2 N–H and O–H groups in total. The Bertz CT molecular complexity index is 1280. The Morgan fingerprint density at radius 2 is 1.97 bits per heavy atom. The van der Waals surface area contributed by atoms with E-state index in [1.54, 1.807) is 18.2 Å². The average molecular weight is 525 g/mol. The van der Waals surface area contributed by atoms with Crippen LogP contribution in [-0.4, -0.2) is 38.9 Å². The Morgan fingerprint density at radius 3 is 2.84 bits per heavy atom. The van der Waals surface area contributed by atoms with Crippen molar-refractivity contribution >= 4 is 5.91 Å². The molecule has 1 saturated heterocycles. The largest absolute Gasteiger partial charge is 0.493 e. The topological polar surface area (TPSA) is 68.8 Å². The van der Waals surface area contributed by atoms with Gasteiger partial charge in [0.1, 0.15) is 17.4 Å². The van der Waals surface area contributed by atoms with Gasteiger partial charge < -0.3 is 24.8 Å². The molecule has 2 aliphatic rings. The molecule has 198 valence electrons. The van der Waals surface area contributed by atoms with Crippen LogP contribution in [-0.2, 0) is 17.6 Å². The number of ether oxygens (including phenoxy) is 3. The molecule has 2 aliphatic heterocycles. The fourth-order valence-electron chi connectivity index (χ4n) is 4.89. The minimum absolute atomic E-state index is 0.0133. The summed E-state index contributed by atoms with van der Waals surface area (Å²) in [6.07, 6.45) is 0.620. The first-order valence-electron chi connectivity index (χ1n) is 12.5. The highest BCUT2D eigenvalue weighted by atomic mass is 19.1. The molecule has 0 bridgehead atoms. The van der Waals surface area contributed by atoms with E-state index in [1.165, 1.54) is 6.07 Å². The third-order valence-electron chi connectivity index (χ3n) is 6.90. The molecule has 0 aromatic heterocycles. The van der Waals surface area contributed by atoms with Gasteiger partial charge in [0.2, 0.25) is 12.7 Å². The molecule has 3 aromatic carbocycles. The van der Waals surface area contributed by atoms with Gasteiger partial charge in [-0.05, 0) is 60.7 Å². The summed E-state index contributed by atoms with van der Waals surface area (Å²) in [6.45, 7) is 2.22. The van der Waals surface area contributed by atoms with Crippen molar-refractivity contribution < 1.29 is 32.2 Å². The van der Waals surface area contributed by atoms with Crippen LogP contribution < -0.4 is 24.8 Å². The standard InChI is InChI=1S/C29H27F3N2O4/c30-24-6-4-18(12-19(24)13-29(35)34-11-9-23-25(31)2-1-3-26(23)32)22-8-10-33-15-20(22)16-36-21-5-7-27-28(14-21)38-17-37-27/h2,4-7,12,14,20,22,33H,8-11,13,15-17H2,(H,34,35)/t20-,22-/m0/s1. The highest BCUT2D eigenvalue weighted by Gasteiger charge is 2.28. The molecule has 1 amide bonds. The first-order chi connectivity index (χ1) is 18.5. The van der Waals surface area contributed by atoms with Crippen LogP contribution in [0.4, 0.5) is 13.2 Å². The molecule has 0 aliphatic carbocycles. The van der Waals surface area contributed by atoms with Crippen molar-refractivity contribution in [3.63, 3.8) is 0 Å². The maximum Gasteiger partial charge on any atom is 0.231 e. The molecule has 0 spiro atoms. The van der Waals surface area contributed by atoms with Crippen molar-refractivity contribution in [1.29, 1.82) is 0 Å². The predicted molar refractivity (Wildman–Crippen MR) is 133 cm³/mol. The van der Waals surface area contributed by atoms with Crippen LogP contribution >= 0.6 is 0 Å². The van der Waals surface area contributed by atoms with Gasteiger partial charge in [-0.2, -0.15) is 4.39 Å². The van der Waals surface area contributed by atoms with E-state index < -0.39 is 23.4 Å². The van der Waals surface area contributed by atoms with Crippen molar-refractivity contribution in [3.8, 4) is 17.2 Å². The summed E-state index contributed by atoms with van der Waals surface area (Å²) in [5.41, 5.74) is 1.04. The van der Waals surface area contributed by atoms with Crippen LogP contribution in [0.2, 0.25) is 0 Å². The molecule has 1 fully saturated rings. The second kappa shape index (κ2) is 11.7. The predicted octanol–water partition coefficient (Wildman–Crippen LogP) is 4.11. The third kappa shape index (κ3) is 5.97. The first kappa shape index (κ1) is 25.7. The summed E-state index contributed by atoms with van der Waals surface area (Å²) in [5.74, 6) is -0.216. The van der Waals surface area contributed by atoms with Crippen LogP contribution in [0.5, 0.6) is 17.2 Å². The van der Waals surface area contributed by atoms with Crippen LogP contribution in [0.1, 0.15) is 29.0 Å². The Balaban J connectivity index is 1.20. The van der Waals surface area contributed by atoms with E-state index in [4.69, 9.17) is 14.2 Å². The lowest BCUT2D eigenvalue weighted by Gasteiger charge is -2.32. The van der Waals surface area contributed by atoms with Crippen molar-refractivity contribution in [1.82, 2.24) is 10.6 Å². The lowest BCUT2D eigenvalue weighted by Crippen LogP contribution is -2.38. The normalized spacial score (nSPS) is 18.1. The lowest BCUT2D eigenvalue weighted by molar-refractivity contribution is -0.120. The van der Waals surface area contributed by atoms with Crippen LogP contribution in [0.15, 0.2) is 42.5 Å². The van der Waals surface area contributed by atoms with Gasteiger partial charge in [0.15, 0.2) is 17.3 Å². The van der Waals surface area contributed by atoms with E-state index in [0.717, 1.165) is 31.1 Å². The molecule has 6 nitrogen and oxygen atoms in total. The number of piperidine rings is 1. The molecule has 2 heterocycles. The van der Waals surface area contributed by atoms with Crippen LogP contribution in [0, 0.1) is 35.5 Å². The highest BCUT2D eigenvalue weighted by molar-refractivity contribution is 5.78. The zero-order valence-electron chi connectivity index (χ0n) is 20.6. The minimum Gasteiger partial charge on any atom is -0.493 e. The average Bonchev–Trinajstić information content (AvgIpc) is 3.39. The van der Waals surface area contributed by atoms with Gasteiger partial charge in [0, 0.05) is 36.7 Å². The fraction of sp³-hybridized carbons (Fsp3) is 0.345. The quantitative estimate of drug-likeness (QED) is 0.441.